The summed E-state index contributed by atoms with van der Waals surface area (Å²) in [6, 6.07) is 17.9. The van der Waals surface area contributed by atoms with Crippen LogP contribution in [0.25, 0.3) is 22.3 Å². The second-order valence-corrected chi connectivity index (χ2v) is 7.31. The summed E-state index contributed by atoms with van der Waals surface area (Å²) in [5.74, 6) is -0.443. The Labute approximate surface area is 171 Å². The van der Waals surface area contributed by atoms with Crippen LogP contribution < -0.4 is 0 Å². The van der Waals surface area contributed by atoms with Crippen LogP contribution in [0.5, 0.6) is 0 Å². The van der Waals surface area contributed by atoms with Crippen molar-refractivity contribution in [2.24, 2.45) is 0 Å². The van der Waals surface area contributed by atoms with Gasteiger partial charge in [0.2, 0.25) is 0 Å². The van der Waals surface area contributed by atoms with Crippen molar-refractivity contribution in [3.05, 3.63) is 95.2 Å². The standard InChI is InChI=1S/C24H17F2N3O/c25-18-8-5-15(6-9-18)23-27-21-4-2-1-3-20(21)22(28-23)24(30)29-12-11-16-13-19(26)10-7-17(16)14-29/h1-10,13H,11-12,14H2. The first-order valence-corrected chi connectivity index (χ1v) is 9.68. The van der Waals surface area contributed by atoms with Gasteiger partial charge in [-0.1, -0.05) is 24.3 Å². The molecule has 4 aromatic rings. The SMILES string of the molecule is O=C(c1nc(-c2ccc(F)cc2)nc2ccccc12)N1CCc2cc(F)ccc2C1. The normalized spacial score (nSPS) is 13.3. The van der Waals surface area contributed by atoms with Crippen LogP contribution in [0.1, 0.15) is 21.6 Å². The largest absolute Gasteiger partial charge is 0.333 e. The maximum Gasteiger partial charge on any atom is 0.273 e. The molecular formula is C24H17F2N3O. The van der Waals surface area contributed by atoms with E-state index in [0.717, 1.165) is 11.1 Å². The van der Waals surface area contributed by atoms with Gasteiger partial charge >= 0.3 is 0 Å². The first-order chi connectivity index (χ1) is 14.6. The molecule has 3 aromatic carbocycles. The lowest BCUT2D eigenvalue weighted by Gasteiger charge is -2.29. The molecule has 0 aliphatic carbocycles. The number of rotatable bonds is 2. The molecule has 2 heterocycles. The molecule has 0 spiro atoms. The summed E-state index contributed by atoms with van der Waals surface area (Å²) >= 11 is 0. The molecule has 0 fully saturated rings. The minimum Gasteiger partial charge on any atom is -0.333 e. The Hall–Kier alpha value is -3.67. The molecule has 1 amide bonds. The highest BCUT2D eigenvalue weighted by molar-refractivity contribution is 6.04. The predicted octanol–water partition coefficient (Wildman–Crippen LogP) is 4.77. The Balaban J connectivity index is 1.56. The number of halogens is 2. The van der Waals surface area contributed by atoms with Crippen molar-refractivity contribution >= 4 is 16.8 Å². The van der Waals surface area contributed by atoms with Gasteiger partial charge in [0.05, 0.1) is 5.52 Å². The highest BCUT2D eigenvalue weighted by Crippen LogP contribution is 2.26. The summed E-state index contributed by atoms with van der Waals surface area (Å²) in [6.45, 7) is 0.887. The van der Waals surface area contributed by atoms with E-state index in [1.54, 1.807) is 23.1 Å². The fraction of sp³-hybridized carbons (Fsp3) is 0.125. The van der Waals surface area contributed by atoms with Crippen molar-refractivity contribution in [3.63, 3.8) is 0 Å². The first kappa shape index (κ1) is 18.4. The minimum absolute atomic E-state index is 0.202. The Kier molecular flexibility index (Phi) is 4.47. The summed E-state index contributed by atoms with van der Waals surface area (Å²) in [4.78, 5) is 24.3. The van der Waals surface area contributed by atoms with Gasteiger partial charge in [-0.15, -0.1) is 0 Å². The molecule has 4 nitrogen and oxygen atoms in total. The third-order valence-electron chi connectivity index (χ3n) is 5.38. The number of hydrogen-bond donors (Lipinski definition) is 0. The summed E-state index contributed by atoms with van der Waals surface area (Å²) in [5.41, 5.74) is 3.46. The monoisotopic (exact) mass is 401 g/mol. The number of aromatic nitrogens is 2. The molecular weight excluding hydrogens is 384 g/mol. The predicted molar refractivity (Wildman–Crippen MR) is 110 cm³/mol. The minimum atomic E-state index is -0.348. The lowest BCUT2D eigenvalue weighted by molar-refractivity contribution is 0.0731. The maximum absolute atomic E-state index is 13.5. The highest BCUT2D eigenvalue weighted by Gasteiger charge is 2.25. The van der Waals surface area contributed by atoms with Gasteiger partial charge in [0.25, 0.3) is 5.91 Å². The van der Waals surface area contributed by atoms with E-state index < -0.39 is 0 Å². The Bertz CT molecular complexity index is 1270. The fourth-order valence-corrected chi connectivity index (χ4v) is 3.81. The molecule has 1 aliphatic rings. The number of hydrogen-bond acceptors (Lipinski definition) is 3. The molecule has 0 radical (unpaired) electrons. The quantitative estimate of drug-likeness (QED) is 0.486. The van der Waals surface area contributed by atoms with Crippen molar-refractivity contribution in [2.75, 3.05) is 6.54 Å². The second-order valence-electron chi connectivity index (χ2n) is 7.31. The van der Waals surface area contributed by atoms with Crippen LogP contribution in [0.4, 0.5) is 8.78 Å². The first-order valence-electron chi connectivity index (χ1n) is 9.68. The lowest BCUT2D eigenvalue weighted by atomic mass is 9.99. The van der Waals surface area contributed by atoms with E-state index in [4.69, 9.17) is 0 Å². The van der Waals surface area contributed by atoms with Crippen molar-refractivity contribution in [1.82, 2.24) is 14.9 Å². The van der Waals surface area contributed by atoms with Gasteiger partial charge in [0, 0.05) is 24.0 Å². The summed E-state index contributed by atoms with van der Waals surface area (Å²) in [6.07, 6.45) is 0.590. The van der Waals surface area contributed by atoms with E-state index in [0.29, 0.717) is 47.5 Å². The molecule has 0 bridgehead atoms. The van der Waals surface area contributed by atoms with Crippen molar-refractivity contribution in [2.45, 2.75) is 13.0 Å². The fourth-order valence-electron chi connectivity index (χ4n) is 3.81. The van der Waals surface area contributed by atoms with Crippen LogP contribution in [0.3, 0.4) is 0 Å². The van der Waals surface area contributed by atoms with Gasteiger partial charge in [0.1, 0.15) is 17.3 Å². The third-order valence-corrected chi connectivity index (χ3v) is 5.38. The van der Waals surface area contributed by atoms with E-state index in [-0.39, 0.29) is 17.5 Å². The van der Waals surface area contributed by atoms with Gasteiger partial charge < -0.3 is 4.90 Å². The number of benzene rings is 3. The van der Waals surface area contributed by atoms with E-state index in [1.807, 2.05) is 24.3 Å². The van der Waals surface area contributed by atoms with Crippen molar-refractivity contribution in [1.29, 1.82) is 0 Å². The Morgan fingerprint density at radius 2 is 1.63 bits per heavy atom. The van der Waals surface area contributed by atoms with Gasteiger partial charge in [0.15, 0.2) is 5.82 Å². The van der Waals surface area contributed by atoms with Crippen LogP contribution in [0.2, 0.25) is 0 Å². The van der Waals surface area contributed by atoms with Crippen LogP contribution in [-0.4, -0.2) is 27.3 Å². The van der Waals surface area contributed by atoms with Crippen LogP contribution in [-0.2, 0) is 13.0 Å². The van der Waals surface area contributed by atoms with Crippen LogP contribution >= 0.6 is 0 Å². The second kappa shape index (κ2) is 7.30. The lowest BCUT2D eigenvalue weighted by Crippen LogP contribution is -2.36. The van der Waals surface area contributed by atoms with Crippen molar-refractivity contribution < 1.29 is 13.6 Å². The Morgan fingerprint density at radius 3 is 2.47 bits per heavy atom. The number of nitrogens with zero attached hydrogens (tertiary/aromatic N) is 3. The molecule has 30 heavy (non-hydrogen) atoms. The number of carbonyl (C=O) groups is 1. The molecule has 5 rings (SSSR count). The third kappa shape index (κ3) is 3.30. The number of fused-ring (bicyclic) bond motifs is 2. The zero-order valence-corrected chi connectivity index (χ0v) is 16.0. The highest BCUT2D eigenvalue weighted by atomic mass is 19.1. The molecule has 0 atom stereocenters. The zero-order valence-electron chi connectivity index (χ0n) is 16.0. The summed E-state index contributed by atoms with van der Waals surface area (Å²) in [7, 11) is 0. The molecule has 0 N–H and O–H groups in total. The Morgan fingerprint density at radius 1 is 0.867 bits per heavy atom. The van der Waals surface area contributed by atoms with Gasteiger partial charge in [-0.3, -0.25) is 4.79 Å². The molecule has 148 valence electrons. The van der Waals surface area contributed by atoms with Gasteiger partial charge in [-0.2, -0.15) is 0 Å². The maximum atomic E-state index is 13.5. The molecule has 0 saturated heterocycles. The van der Waals surface area contributed by atoms with Gasteiger partial charge in [-0.25, -0.2) is 18.7 Å². The van der Waals surface area contributed by atoms with E-state index in [9.17, 15) is 13.6 Å². The number of carbonyl (C=O) groups excluding carboxylic acids is 1. The molecule has 1 aliphatic heterocycles. The molecule has 0 saturated carbocycles. The molecule has 6 heteroatoms. The average Bonchev–Trinajstić information content (AvgIpc) is 2.78. The topological polar surface area (TPSA) is 46.1 Å². The molecule has 1 aromatic heterocycles. The summed E-state index contributed by atoms with van der Waals surface area (Å²) in [5, 5.41) is 0.665. The van der Waals surface area contributed by atoms with E-state index in [1.165, 1.54) is 24.3 Å². The molecule has 0 unspecified atom stereocenters. The van der Waals surface area contributed by atoms with Gasteiger partial charge in [-0.05, 0) is 60.0 Å². The van der Waals surface area contributed by atoms with Crippen LogP contribution in [0, 0.1) is 11.6 Å². The van der Waals surface area contributed by atoms with Crippen molar-refractivity contribution in [3.8, 4) is 11.4 Å². The van der Waals surface area contributed by atoms with E-state index >= 15 is 0 Å². The number of para-hydroxylation sites is 1. The zero-order chi connectivity index (χ0) is 20.7. The summed E-state index contributed by atoms with van der Waals surface area (Å²) < 4.78 is 26.8. The average molecular weight is 401 g/mol. The van der Waals surface area contributed by atoms with Crippen LogP contribution in [0.15, 0.2) is 66.7 Å². The smallest absolute Gasteiger partial charge is 0.273 e. The van der Waals surface area contributed by atoms with E-state index in [2.05, 4.69) is 9.97 Å². The number of amides is 1.